The largest absolute Gasteiger partial charge is 0.384 e. The van der Waals surface area contributed by atoms with Gasteiger partial charge in [0.05, 0.1) is 11.9 Å². The number of pyridine rings is 1. The molecular weight excluding hydrogens is 250 g/mol. The predicted molar refractivity (Wildman–Crippen MR) is 81.9 cm³/mol. The molecule has 0 bridgehead atoms. The van der Waals surface area contributed by atoms with E-state index in [0.717, 1.165) is 50.5 Å². The van der Waals surface area contributed by atoms with E-state index in [1.807, 2.05) is 17.0 Å². The summed E-state index contributed by atoms with van der Waals surface area (Å²) < 4.78 is 0. The fourth-order valence-corrected chi connectivity index (χ4v) is 2.60. The van der Waals surface area contributed by atoms with Gasteiger partial charge in [0.2, 0.25) is 0 Å². The molecule has 1 amide bonds. The van der Waals surface area contributed by atoms with E-state index >= 15 is 0 Å². The second-order valence-electron chi connectivity index (χ2n) is 5.50. The maximum absolute atomic E-state index is 12.4. The summed E-state index contributed by atoms with van der Waals surface area (Å²) in [4.78, 5) is 18.6. The van der Waals surface area contributed by atoms with E-state index in [9.17, 15) is 4.79 Å². The Morgan fingerprint density at radius 3 is 2.65 bits per heavy atom. The third-order valence-electron chi connectivity index (χ3n) is 4.04. The normalized spacial score (nSPS) is 16.2. The number of nitrogens with zero attached hydrogens (tertiary/aromatic N) is 2. The number of hydrogen-bond donors (Lipinski definition) is 1. The van der Waals surface area contributed by atoms with Gasteiger partial charge in [-0.2, -0.15) is 0 Å². The van der Waals surface area contributed by atoms with Gasteiger partial charge in [-0.25, -0.2) is 4.98 Å². The molecule has 2 heterocycles. The average Bonchev–Trinajstić information content (AvgIpc) is 2.53. The molecule has 1 N–H and O–H groups in total. The van der Waals surface area contributed by atoms with Gasteiger partial charge in [-0.15, -0.1) is 0 Å². The minimum absolute atomic E-state index is 0.0709. The van der Waals surface area contributed by atoms with Gasteiger partial charge in [-0.3, -0.25) is 4.79 Å². The molecule has 0 saturated carbocycles. The van der Waals surface area contributed by atoms with Gasteiger partial charge in [0.1, 0.15) is 5.69 Å². The van der Waals surface area contributed by atoms with Crippen LogP contribution in [0.4, 0.5) is 5.69 Å². The summed E-state index contributed by atoms with van der Waals surface area (Å²) in [5, 5.41) is 3.27. The molecular formula is C16H25N3O. The number of piperidine rings is 1. The number of hydrogen-bond acceptors (Lipinski definition) is 3. The zero-order valence-corrected chi connectivity index (χ0v) is 12.6. The molecule has 1 saturated heterocycles. The lowest BCUT2D eigenvalue weighted by molar-refractivity contribution is 0.0683. The summed E-state index contributed by atoms with van der Waals surface area (Å²) in [5.74, 6) is 0.856. The van der Waals surface area contributed by atoms with E-state index in [1.54, 1.807) is 6.20 Å². The lowest BCUT2D eigenvalue weighted by Crippen LogP contribution is -2.38. The summed E-state index contributed by atoms with van der Waals surface area (Å²) in [5.41, 5.74) is 1.54. The second-order valence-corrected chi connectivity index (χ2v) is 5.50. The lowest BCUT2D eigenvalue weighted by Gasteiger charge is -2.31. The lowest BCUT2D eigenvalue weighted by atomic mass is 9.94. The van der Waals surface area contributed by atoms with Crippen LogP contribution in [-0.2, 0) is 0 Å². The van der Waals surface area contributed by atoms with Gasteiger partial charge in [-0.1, -0.05) is 20.3 Å². The molecule has 20 heavy (non-hydrogen) atoms. The highest BCUT2D eigenvalue weighted by molar-refractivity contribution is 5.92. The van der Waals surface area contributed by atoms with Crippen LogP contribution in [-0.4, -0.2) is 35.4 Å². The Bertz CT molecular complexity index is 422. The number of carbonyl (C=O) groups is 1. The Labute approximate surface area is 121 Å². The van der Waals surface area contributed by atoms with E-state index in [0.29, 0.717) is 5.69 Å². The molecule has 1 aromatic heterocycles. The fourth-order valence-electron chi connectivity index (χ4n) is 2.60. The topological polar surface area (TPSA) is 45.2 Å². The predicted octanol–water partition coefficient (Wildman–Crippen LogP) is 3.17. The van der Waals surface area contributed by atoms with Crippen LogP contribution in [0.15, 0.2) is 18.3 Å². The molecule has 1 aliphatic heterocycles. The molecule has 0 spiro atoms. The van der Waals surface area contributed by atoms with Crippen molar-refractivity contribution in [2.45, 2.75) is 39.5 Å². The van der Waals surface area contributed by atoms with Crippen molar-refractivity contribution < 1.29 is 4.79 Å². The van der Waals surface area contributed by atoms with Crippen molar-refractivity contribution in [2.24, 2.45) is 5.92 Å². The molecule has 0 unspecified atom stereocenters. The van der Waals surface area contributed by atoms with Gasteiger partial charge >= 0.3 is 0 Å². The van der Waals surface area contributed by atoms with Crippen LogP contribution in [0.3, 0.4) is 0 Å². The van der Waals surface area contributed by atoms with Crippen LogP contribution in [0.2, 0.25) is 0 Å². The van der Waals surface area contributed by atoms with Crippen molar-refractivity contribution in [3.8, 4) is 0 Å². The van der Waals surface area contributed by atoms with E-state index < -0.39 is 0 Å². The first-order valence-electron chi connectivity index (χ1n) is 7.73. The molecule has 1 fully saturated rings. The highest BCUT2D eigenvalue weighted by Gasteiger charge is 2.23. The van der Waals surface area contributed by atoms with Crippen molar-refractivity contribution in [1.29, 1.82) is 0 Å². The highest BCUT2D eigenvalue weighted by atomic mass is 16.2. The van der Waals surface area contributed by atoms with Crippen LogP contribution in [0, 0.1) is 5.92 Å². The molecule has 0 aliphatic carbocycles. The maximum Gasteiger partial charge on any atom is 0.272 e. The van der Waals surface area contributed by atoms with Crippen LogP contribution in [0.25, 0.3) is 0 Å². The number of aromatic nitrogens is 1. The first kappa shape index (κ1) is 14.8. The zero-order chi connectivity index (χ0) is 14.4. The van der Waals surface area contributed by atoms with Gasteiger partial charge in [0, 0.05) is 19.6 Å². The Morgan fingerprint density at radius 1 is 1.35 bits per heavy atom. The number of rotatable bonds is 5. The van der Waals surface area contributed by atoms with Gasteiger partial charge < -0.3 is 10.2 Å². The fraction of sp³-hybridized carbons (Fsp3) is 0.625. The van der Waals surface area contributed by atoms with Crippen LogP contribution < -0.4 is 5.32 Å². The Kier molecular flexibility index (Phi) is 5.39. The highest BCUT2D eigenvalue weighted by Crippen LogP contribution is 2.21. The molecule has 4 heteroatoms. The van der Waals surface area contributed by atoms with E-state index in [4.69, 9.17) is 0 Å². The first-order chi connectivity index (χ1) is 9.74. The van der Waals surface area contributed by atoms with Crippen molar-refractivity contribution in [3.05, 3.63) is 24.0 Å². The third-order valence-corrected chi connectivity index (χ3v) is 4.04. The Hall–Kier alpha value is -1.58. The molecule has 0 radical (unpaired) electrons. The molecule has 2 rings (SSSR count). The number of nitrogens with one attached hydrogen (secondary N) is 1. The van der Waals surface area contributed by atoms with E-state index in [-0.39, 0.29) is 5.91 Å². The van der Waals surface area contributed by atoms with Crippen LogP contribution in [0.1, 0.15) is 50.0 Å². The van der Waals surface area contributed by atoms with Crippen LogP contribution >= 0.6 is 0 Å². The number of amides is 1. The standard InChI is InChI=1S/C16H25N3O/c1-3-9-17-14-5-6-15(18-12-14)16(20)19-10-7-13(4-2)8-11-19/h5-6,12-13,17H,3-4,7-11H2,1-2H3. The number of anilines is 1. The van der Waals surface area contributed by atoms with Gasteiger partial charge in [-0.05, 0) is 37.3 Å². The van der Waals surface area contributed by atoms with Crippen molar-refractivity contribution in [2.75, 3.05) is 25.0 Å². The molecule has 1 aliphatic rings. The Morgan fingerprint density at radius 2 is 2.10 bits per heavy atom. The Balaban J connectivity index is 1.92. The summed E-state index contributed by atoms with van der Waals surface area (Å²) >= 11 is 0. The van der Waals surface area contributed by atoms with Crippen molar-refractivity contribution >= 4 is 11.6 Å². The second kappa shape index (κ2) is 7.27. The first-order valence-corrected chi connectivity index (χ1v) is 7.73. The van der Waals surface area contributed by atoms with Crippen molar-refractivity contribution in [3.63, 3.8) is 0 Å². The summed E-state index contributed by atoms with van der Waals surface area (Å²) in [6.07, 6.45) is 6.30. The maximum atomic E-state index is 12.4. The third kappa shape index (κ3) is 3.71. The molecule has 4 nitrogen and oxygen atoms in total. The quantitative estimate of drug-likeness (QED) is 0.897. The number of carbonyl (C=O) groups excluding carboxylic acids is 1. The molecule has 0 atom stereocenters. The SMILES string of the molecule is CCCNc1ccc(C(=O)N2CCC(CC)CC2)nc1. The summed E-state index contributed by atoms with van der Waals surface area (Å²) in [7, 11) is 0. The summed E-state index contributed by atoms with van der Waals surface area (Å²) in [6, 6.07) is 3.76. The molecule has 0 aromatic carbocycles. The van der Waals surface area contributed by atoms with Gasteiger partial charge in [0.25, 0.3) is 5.91 Å². The van der Waals surface area contributed by atoms with E-state index in [1.165, 1.54) is 6.42 Å². The smallest absolute Gasteiger partial charge is 0.272 e. The van der Waals surface area contributed by atoms with Crippen LogP contribution in [0.5, 0.6) is 0 Å². The average molecular weight is 275 g/mol. The number of likely N-dealkylation sites (tertiary alicyclic amines) is 1. The minimum Gasteiger partial charge on any atom is -0.384 e. The van der Waals surface area contributed by atoms with E-state index in [2.05, 4.69) is 24.1 Å². The van der Waals surface area contributed by atoms with Crippen molar-refractivity contribution in [1.82, 2.24) is 9.88 Å². The summed E-state index contributed by atoms with van der Waals surface area (Å²) in [6.45, 7) is 7.02. The minimum atomic E-state index is 0.0709. The van der Waals surface area contributed by atoms with Gasteiger partial charge in [0.15, 0.2) is 0 Å². The molecule has 1 aromatic rings. The zero-order valence-electron chi connectivity index (χ0n) is 12.6. The molecule has 110 valence electrons. The monoisotopic (exact) mass is 275 g/mol.